The number of aryl methyl sites for hydroxylation is 2. The standard InChI is InChI=1S/C12H21N3O/c1-9-10(2)16-12(15-9)8-14-11-4-3-6-13-7-5-11/h11,13-14H,3-8H2,1-2H3. The van der Waals surface area contributed by atoms with Crippen molar-refractivity contribution in [3.05, 3.63) is 17.3 Å². The van der Waals surface area contributed by atoms with Gasteiger partial charge >= 0.3 is 0 Å². The van der Waals surface area contributed by atoms with Gasteiger partial charge in [0.05, 0.1) is 12.2 Å². The monoisotopic (exact) mass is 223 g/mol. The van der Waals surface area contributed by atoms with Gasteiger partial charge in [0.2, 0.25) is 5.89 Å². The molecule has 1 aromatic heterocycles. The van der Waals surface area contributed by atoms with Crippen LogP contribution in [0.4, 0.5) is 0 Å². The van der Waals surface area contributed by atoms with E-state index >= 15 is 0 Å². The molecule has 1 unspecified atom stereocenters. The van der Waals surface area contributed by atoms with Gasteiger partial charge in [0.15, 0.2) is 0 Å². The Balaban J connectivity index is 1.81. The zero-order valence-corrected chi connectivity index (χ0v) is 10.2. The van der Waals surface area contributed by atoms with Crippen molar-refractivity contribution in [3.8, 4) is 0 Å². The zero-order valence-electron chi connectivity index (χ0n) is 10.2. The van der Waals surface area contributed by atoms with E-state index in [1.165, 1.54) is 19.3 Å². The van der Waals surface area contributed by atoms with E-state index < -0.39 is 0 Å². The van der Waals surface area contributed by atoms with E-state index in [0.29, 0.717) is 6.04 Å². The maximum absolute atomic E-state index is 5.55. The first-order chi connectivity index (χ1) is 7.75. The summed E-state index contributed by atoms with van der Waals surface area (Å²) in [6.07, 6.45) is 3.69. The summed E-state index contributed by atoms with van der Waals surface area (Å²) in [6, 6.07) is 0.600. The number of hydrogen-bond acceptors (Lipinski definition) is 4. The predicted molar refractivity (Wildman–Crippen MR) is 63.3 cm³/mol. The highest BCUT2D eigenvalue weighted by Crippen LogP contribution is 2.10. The number of nitrogens with zero attached hydrogens (tertiary/aromatic N) is 1. The van der Waals surface area contributed by atoms with Crippen molar-refractivity contribution < 1.29 is 4.42 Å². The molecule has 0 spiro atoms. The van der Waals surface area contributed by atoms with E-state index in [1.54, 1.807) is 0 Å². The molecule has 0 amide bonds. The van der Waals surface area contributed by atoms with Crippen molar-refractivity contribution in [2.24, 2.45) is 0 Å². The molecule has 16 heavy (non-hydrogen) atoms. The summed E-state index contributed by atoms with van der Waals surface area (Å²) in [5, 5.41) is 6.93. The number of aromatic nitrogens is 1. The van der Waals surface area contributed by atoms with Gasteiger partial charge in [-0.15, -0.1) is 0 Å². The summed E-state index contributed by atoms with van der Waals surface area (Å²) in [6.45, 7) is 6.95. The molecule has 0 bridgehead atoms. The van der Waals surface area contributed by atoms with Gasteiger partial charge < -0.3 is 15.1 Å². The van der Waals surface area contributed by atoms with Crippen molar-refractivity contribution >= 4 is 0 Å². The number of nitrogens with one attached hydrogen (secondary N) is 2. The first kappa shape index (κ1) is 11.6. The summed E-state index contributed by atoms with van der Waals surface area (Å²) in [4.78, 5) is 4.37. The molecular weight excluding hydrogens is 202 g/mol. The van der Waals surface area contributed by atoms with Crippen LogP contribution in [0.5, 0.6) is 0 Å². The van der Waals surface area contributed by atoms with Gasteiger partial charge in [-0.3, -0.25) is 0 Å². The van der Waals surface area contributed by atoms with Crippen molar-refractivity contribution in [2.75, 3.05) is 13.1 Å². The fraction of sp³-hybridized carbons (Fsp3) is 0.750. The summed E-state index contributed by atoms with van der Waals surface area (Å²) >= 11 is 0. The second kappa shape index (κ2) is 5.46. The molecule has 4 nitrogen and oxygen atoms in total. The van der Waals surface area contributed by atoms with Crippen molar-refractivity contribution in [1.29, 1.82) is 0 Å². The highest BCUT2D eigenvalue weighted by molar-refractivity contribution is 5.05. The van der Waals surface area contributed by atoms with Crippen molar-refractivity contribution in [2.45, 2.75) is 45.7 Å². The molecule has 1 fully saturated rings. The summed E-state index contributed by atoms with van der Waals surface area (Å²) in [5.74, 6) is 1.74. The largest absolute Gasteiger partial charge is 0.444 e. The minimum absolute atomic E-state index is 0.600. The quantitative estimate of drug-likeness (QED) is 0.816. The second-order valence-electron chi connectivity index (χ2n) is 4.51. The van der Waals surface area contributed by atoms with Gasteiger partial charge in [-0.05, 0) is 46.2 Å². The summed E-state index contributed by atoms with van der Waals surface area (Å²) in [7, 11) is 0. The van der Waals surface area contributed by atoms with Crippen LogP contribution in [-0.4, -0.2) is 24.1 Å². The van der Waals surface area contributed by atoms with Gasteiger partial charge in [-0.2, -0.15) is 0 Å². The Bertz CT molecular complexity index is 308. The molecular formula is C12H21N3O. The smallest absolute Gasteiger partial charge is 0.208 e. The lowest BCUT2D eigenvalue weighted by Gasteiger charge is -2.14. The lowest BCUT2D eigenvalue weighted by atomic mass is 10.1. The molecule has 1 aromatic rings. The molecule has 2 heterocycles. The molecule has 1 aliphatic rings. The van der Waals surface area contributed by atoms with Crippen LogP contribution >= 0.6 is 0 Å². The molecule has 0 aliphatic carbocycles. The number of hydrogen-bond donors (Lipinski definition) is 2. The average Bonchev–Trinajstić information content (AvgIpc) is 2.50. The Morgan fingerprint density at radius 1 is 1.38 bits per heavy atom. The van der Waals surface area contributed by atoms with Crippen LogP contribution in [0, 0.1) is 13.8 Å². The van der Waals surface area contributed by atoms with E-state index in [4.69, 9.17) is 4.42 Å². The van der Waals surface area contributed by atoms with Gasteiger partial charge in [-0.25, -0.2) is 4.98 Å². The molecule has 4 heteroatoms. The maximum Gasteiger partial charge on any atom is 0.208 e. The highest BCUT2D eigenvalue weighted by Gasteiger charge is 2.12. The molecule has 0 radical (unpaired) electrons. The topological polar surface area (TPSA) is 50.1 Å². The third-order valence-corrected chi connectivity index (χ3v) is 3.19. The van der Waals surface area contributed by atoms with Crippen molar-refractivity contribution in [1.82, 2.24) is 15.6 Å². The van der Waals surface area contributed by atoms with Crippen LogP contribution in [-0.2, 0) is 6.54 Å². The maximum atomic E-state index is 5.55. The van der Waals surface area contributed by atoms with Gasteiger partial charge in [0, 0.05) is 6.04 Å². The zero-order chi connectivity index (χ0) is 11.4. The highest BCUT2D eigenvalue weighted by atomic mass is 16.4. The Labute approximate surface area is 96.8 Å². The molecule has 0 saturated carbocycles. The SMILES string of the molecule is Cc1nc(CNC2CCCNCC2)oc1C. The molecule has 1 atom stereocenters. The molecule has 1 aliphatic heterocycles. The van der Waals surface area contributed by atoms with Crippen LogP contribution in [0.15, 0.2) is 4.42 Å². The molecule has 0 aromatic carbocycles. The van der Waals surface area contributed by atoms with Gasteiger partial charge in [0.25, 0.3) is 0 Å². The Kier molecular flexibility index (Phi) is 3.96. The number of rotatable bonds is 3. The molecule has 2 rings (SSSR count). The Morgan fingerprint density at radius 3 is 3.00 bits per heavy atom. The van der Waals surface area contributed by atoms with Crippen LogP contribution in [0.1, 0.15) is 36.6 Å². The van der Waals surface area contributed by atoms with E-state index in [-0.39, 0.29) is 0 Å². The molecule has 2 N–H and O–H groups in total. The van der Waals surface area contributed by atoms with Crippen LogP contribution in [0.3, 0.4) is 0 Å². The third-order valence-electron chi connectivity index (χ3n) is 3.19. The summed E-state index contributed by atoms with van der Waals surface area (Å²) < 4.78 is 5.55. The normalized spacial score (nSPS) is 22.0. The van der Waals surface area contributed by atoms with Crippen molar-refractivity contribution in [3.63, 3.8) is 0 Å². The molecule has 90 valence electrons. The van der Waals surface area contributed by atoms with Crippen LogP contribution in [0.25, 0.3) is 0 Å². The van der Waals surface area contributed by atoms with Gasteiger partial charge in [0.1, 0.15) is 5.76 Å². The van der Waals surface area contributed by atoms with Crippen LogP contribution in [0.2, 0.25) is 0 Å². The predicted octanol–water partition coefficient (Wildman–Crippen LogP) is 1.52. The van der Waals surface area contributed by atoms with E-state index in [2.05, 4.69) is 15.6 Å². The van der Waals surface area contributed by atoms with Gasteiger partial charge in [-0.1, -0.05) is 0 Å². The minimum atomic E-state index is 0.600. The number of oxazole rings is 1. The third kappa shape index (κ3) is 3.06. The minimum Gasteiger partial charge on any atom is -0.444 e. The molecule has 1 saturated heterocycles. The Hall–Kier alpha value is -0.870. The van der Waals surface area contributed by atoms with E-state index in [9.17, 15) is 0 Å². The fourth-order valence-electron chi connectivity index (χ4n) is 2.07. The first-order valence-corrected chi connectivity index (χ1v) is 6.12. The van der Waals surface area contributed by atoms with Crippen LogP contribution < -0.4 is 10.6 Å². The lowest BCUT2D eigenvalue weighted by Crippen LogP contribution is -2.29. The van der Waals surface area contributed by atoms with E-state index in [0.717, 1.165) is 37.0 Å². The Morgan fingerprint density at radius 2 is 2.25 bits per heavy atom. The lowest BCUT2D eigenvalue weighted by molar-refractivity contribution is 0.404. The fourth-order valence-corrected chi connectivity index (χ4v) is 2.07. The first-order valence-electron chi connectivity index (χ1n) is 6.12. The van der Waals surface area contributed by atoms with E-state index in [1.807, 2.05) is 13.8 Å². The summed E-state index contributed by atoms with van der Waals surface area (Å²) in [5.41, 5.74) is 0.999. The average molecular weight is 223 g/mol. The second-order valence-corrected chi connectivity index (χ2v) is 4.51.